The van der Waals surface area contributed by atoms with Crippen molar-refractivity contribution in [2.45, 2.75) is 0 Å². The number of rotatable bonds is 7. The van der Waals surface area contributed by atoms with Crippen molar-refractivity contribution < 1.29 is 18.6 Å². The highest BCUT2D eigenvalue weighted by Crippen LogP contribution is 2.40. The zero-order valence-corrected chi connectivity index (χ0v) is 19.4. The van der Waals surface area contributed by atoms with E-state index < -0.39 is 0 Å². The molecule has 0 radical (unpaired) electrons. The number of ether oxygens (including phenoxy) is 3. The summed E-state index contributed by atoms with van der Waals surface area (Å²) in [6.45, 7) is 0. The van der Waals surface area contributed by atoms with Crippen LogP contribution in [0.4, 0.5) is 27.4 Å². The predicted octanol–water partition coefficient (Wildman–Crippen LogP) is 4.74. The minimum atomic E-state index is -0.324. The van der Waals surface area contributed by atoms with Crippen molar-refractivity contribution in [3.8, 4) is 17.2 Å². The Morgan fingerprint density at radius 2 is 1.50 bits per heavy atom. The smallest absolute Gasteiger partial charge is 0.203 e. The zero-order valence-electron chi connectivity index (χ0n) is 18.5. The van der Waals surface area contributed by atoms with E-state index in [9.17, 15) is 4.39 Å². The maximum Gasteiger partial charge on any atom is 0.203 e. The fourth-order valence-corrected chi connectivity index (χ4v) is 3.36. The van der Waals surface area contributed by atoms with E-state index in [2.05, 4.69) is 30.9 Å². The molecule has 0 saturated carbocycles. The average Bonchev–Trinajstić information content (AvgIpc) is 2.84. The first-order valence-corrected chi connectivity index (χ1v) is 10.4. The molecule has 34 heavy (non-hydrogen) atoms. The van der Waals surface area contributed by atoms with Crippen LogP contribution in [0.3, 0.4) is 0 Å². The number of anilines is 4. The highest BCUT2D eigenvalue weighted by molar-refractivity contribution is 7.80. The van der Waals surface area contributed by atoms with Crippen LogP contribution >= 0.6 is 12.2 Å². The molecule has 11 heteroatoms. The van der Waals surface area contributed by atoms with Gasteiger partial charge in [0.2, 0.25) is 5.75 Å². The number of halogens is 1. The van der Waals surface area contributed by atoms with Crippen LogP contribution in [0.2, 0.25) is 0 Å². The molecule has 0 atom stereocenters. The second-order valence-electron chi connectivity index (χ2n) is 6.92. The Morgan fingerprint density at radius 3 is 2.15 bits per heavy atom. The number of hydrogen-bond acceptors (Lipinski definition) is 8. The van der Waals surface area contributed by atoms with Gasteiger partial charge in [0, 0.05) is 23.5 Å². The van der Waals surface area contributed by atoms with Gasteiger partial charge in [-0.2, -0.15) is 0 Å². The summed E-state index contributed by atoms with van der Waals surface area (Å²) >= 11 is 5.32. The van der Waals surface area contributed by atoms with E-state index in [1.165, 1.54) is 12.1 Å². The molecule has 4 rings (SSSR count). The summed E-state index contributed by atoms with van der Waals surface area (Å²) in [5.41, 5.74) is 2.34. The van der Waals surface area contributed by atoms with Crippen molar-refractivity contribution >= 4 is 51.5 Å². The van der Waals surface area contributed by atoms with Crippen molar-refractivity contribution in [3.05, 3.63) is 60.5 Å². The number of fused-ring (bicyclic) bond motifs is 1. The van der Waals surface area contributed by atoms with E-state index in [4.69, 9.17) is 26.4 Å². The highest BCUT2D eigenvalue weighted by Gasteiger charge is 2.14. The minimum Gasteiger partial charge on any atom is -0.493 e. The molecular weight excluding hydrogens is 459 g/mol. The molecule has 0 spiro atoms. The lowest BCUT2D eigenvalue weighted by molar-refractivity contribution is 0.324. The Hall–Kier alpha value is -4.25. The van der Waals surface area contributed by atoms with Gasteiger partial charge in [0.1, 0.15) is 17.2 Å². The van der Waals surface area contributed by atoms with Crippen LogP contribution in [0.25, 0.3) is 11.2 Å². The van der Waals surface area contributed by atoms with Gasteiger partial charge in [-0.05, 0) is 48.6 Å². The number of benzene rings is 2. The van der Waals surface area contributed by atoms with Gasteiger partial charge in [0.05, 0.1) is 27.5 Å². The third-order valence-corrected chi connectivity index (χ3v) is 4.89. The maximum absolute atomic E-state index is 13.1. The molecule has 4 aromatic rings. The summed E-state index contributed by atoms with van der Waals surface area (Å²) in [7, 11) is 4.63. The number of nitrogens with one attached hydrogen (secondary N) is 3. The molecule has 3 N–H and O–H groups in total. The van der Waals surface area contributed by atoms with E-state index in [0.29, 0.717) is 56.5 Å². The van der Waals surface area contributed by atoms with Crippen molar-refractivity contribution in [1.29, 1.82) is 0 Å². The highest BCUT2D eigenvalue weighted by atomic mass is 32.1. The van der Waals surface area contributed by atoms with E-state index in [0.717, 1.165) is 0 Å². The third-order valence-electron chi connectivity index (χ3n) is 4.69. The summed E-state index contributed by atoms with van der Waals surface area (Å²) in [4.78, 5) is 13.4. The molecule has 0 unspecified atom stereocenters. The predicted molar refractivity (Wildman–Crippen MR) is 133 cm³/mol. The minimum absolute atomic E-state index is 0.304. The molecule has 2 aromatic heterocycles. The largest absolute Gasteiger partial charge is 0.493 e. The summed E-state index contributed by atoms with van der Waals surface area (Å²) in [5, 5.41) is 9.44. The first kappa shape index (κ1) is 22.9. The van der Waals surface area contributed by atoms with Crippen molar-refractivity contribution in [1.82, 2.24) is 15.0 Å². The normalized spacial score (nSPS) is 10.5. The lowest BCUT2D eigenvalue weighted by Crippen LogP contribution is -2.19. The Morgan fingerprint density at radius 1 is 0.824 bits per heavy atom. The molecule has 0 amide bonds. The molecule has 174 valence electrons. The van der Waals surface area contributed by atoms with Crippen molar-refractivity contribution in [2.24, 2.45) is 0 Å². The molecule has 0 bridgehead atoms. The Kier molecular flexibility index (Phi) is 6.83. The Bertz CT molecular complexity index is 1310. The molecule has 2 heterocycles. The standard InChI is InChI=1S/C23H21FN6O3S/c1-31-17-10-15(11-18(32-2)21(17)33-3)26-20-12-25-16-8-9-19(28-22(16)29-20)30-23(34)27-14-6-4-13(24)5-7-14/h4-12H,1-3H3,(H3,26,27,28,29,30,34). The molecule has 0 aliphatic heterocycles. The monoisotopic (exact) mass is 480 g/mol. The van der Waals surface area contributed by atoms with E-state index >= 15 is 0 Å². The quantitative estimate of drug-likeness (QED) is 0.321. The van der Waals surface area contributed by atoms with Crippen molar-refractivity contribution in [3.63, 3.8) is 0 Å². The molecule has 9 nitrogen and oxygen atoms in total. The maximum atomic E-state index is 13.1. The number of nitrogens with zero attached hydrogens (tertiary/aromatic N) is 3. The Balaban J connectivity index is 1.53. The average molecular weight is 481 g/mol. The zero-order chi connectivity index (χ0) is 24.1. The van der Waals surface area contributed by atoms with E-state index in [1.807, 2.05) is 0 Å². The number of aromatic nitrogens is 3. The summed E-state index contributed by atoms with van der Waals surface area (Å²) in [5.74, 6) is 2.12. The lowest BCUT2D eigenvalue weighted by Gasteiger charge is -2.15. The van der Waals surface area contributed by atoms with Gasteiger partial charge in [-0.15, -0.1) is 0 Å². The second kappa shape index (κ2) is 10.1. The first-order valence-electron chi connectivity index (χ1n) is 10.0. The van der Waals surface area contributed by atoms with Gasteiger partial charge >= 0.3 is 0 Å². The molecule has 0 saturated heterocycles. The van der Waals surface area contributed by atoms with Crippen LogP contribution in [0.5, 0.6) is 17.2 Å². The fourth-order valence-electron chi connectivity index (χ4n) is 3.14. The van der Waals surface area contributed by atoms with Gasteiger partial charge in [0.15, 0.2) is 28.1 Å². The van der Waals surface area contributed by atoms with Crippen molar-refractivity contribution in [2.75, 3.05) is 37.3 Å². The molecule has 0 aliphatic rings. The van der Waals surface area contributed by atoms with Crippen LogP contribution < -0.4 is 30.2 Å². The van der Waals surface area contributed by atoms with Gasteiger partial charge in [0.25, 0.3) is 0 Å². The van der Waals surface area contributed by atoms with Crippen LogP contribution in [-0.4, -0.2) is 41.4 Å². The third kappa shape index (κ3) is 5.21. The Labute approximate surface area is 200 Å². The van der Waals surface area contributed by atoms with Gasteiger partial charge in [-0.25, -0.2) is 19.3 Å². The van der Waals surface area contributed by atoms with Gasteiger partial charge in [-0.1, -0.05) is 0 Å². The molecule has 0 fully saturated rings. The summed E-state index contributed by atoms with van der Waals surface area (Å²) < 4.78 is 29.2. The van der Waals surface area contributed by atoms with Gasteiger partial charge < -0.3 is 30.2 Å². The summed E-state index contributed by atoms with van der Waals surface area (Å²) in [6, 6.07) is 12.9. The van der Waals surface area contributed by atoms with Crippen LogP contribution in [0.15, 0.2) is 54.7 Å². The SMILES string of the molecule is COc1cc(Nc2cnc3ccc(NC(=S)Nc4ccc(F)cc4)nc3n2)cc(OC)c1OC. The van der Waals surface area contributed by atoms with Crippen LogP contribution in [-0.2, 0) is 0 Å². The number of thiocarbonyl (C=S) groups is 1. The van der Waals surface area contributed by atoms with Crippen LogP contribution in [0, 0.1) is 5.82 Å². The van der Waals surface area contributed by atoms with Crippen LogP contribution in [0.1, 0.15) is 0 Å². The second-order valence-corrected chi connectivity index (χ2v) is 7.33. The molecule has 2 aromatic carbocycles. The lowest BCUT2D eigenvalue weighted by atomic mass is 10.2. The number of pyridine rings is 1. The summed E-state index contributed by atoms with van der Waals surface area (Å²) in [6.07, 6.45) is 1.60. The number of hydrogen-bond donors (Lipinski definition) is 3. The fraction of sp³-hybridized carbons (Fsp3) is 0.130. The topological polar surface area (TPSA) is 102 Å². The molecule has 0 aliphatic carbocycles. The molecular formula is C23H21FN6O3S. The van der Waals surface area contributed by atoms with E-state index in [-0.39, 0.29) is 5.82 Å². The first-order chi connectivity index (χ1) is 16.5. The van der Waals surface area contributed by atoms with Gasteiger partial charge in [-0.3, -0.25) is 0 Å². The number of methoxy groups -OCH3 is 3. The van der Waals surface area contributed by atoms with E-state index in [1.54, 1.807) is 63.9 Å².